The highest BCUT2D eigenvalue weighted by Gasteiger charge is 2.26. The molecule has 26 heavy (non-hydrogen) atoms. The van der Waals surface area contributed by atoms with Gasteiger partial charge in [-0.2, -0.15) is 5.10 Å². The molecule has 0 N–H and O–H groups in total. The number of pyridine rings is 1. The van der Waals surface area contributed by atoms with Gasteiger partial charge in [0.05, 0.1) is 16.3 Å². The Bertz CT molecular complexity index is 1220. The highest BCUT2D eigenvalue weighted by Crippen LogP contribution is 2.32. The van der Waals surface area contributed by atoms with Crippen LogP contribution in [-0.2, 0) is 17.1 Å². The first kappa shape index (κ1) is 17.0. The molecule has 0 saturated heterocycles. The lowest BCUT2D eigenvalue weighted by molar-refractivity contribution is 0.589. The van der Waals surface area contributed by atoms with E-state index in [-0.39, 0.29) is 4.90 Å². The van der Waals surface area contributed by atoms with Gasteiger partial charge >= 0.3 is 0 Å². The molecule has 6 nitrogen and oxygen atoms in total. The van der Waals surface area contributed by atoms with Crippen molar-refractivity contribution in [2.45, 2.75) is 11.8 Å². The van der Waals surface area contributed by atoms with Crippen molar-refractivity contribution in [3.63, 3.8) is 0 Å². The van der Waals surface area contributed by atoms with E-state index in [4.69, 9.17) is 0 Å². The van der Waals surface area contributed by atoms with Crippen molar-refractivity contribution in [1.29, 1.82) is 0 Å². The Morgan fingerprint density at radius 3 is 2.42 bits per heavy atom. The van der Waals surface area contributed by atoms with Crippen LogP contribution in [-0.4, -0.2) is 27.2 Å². The first-order valence-electron chi connectivity index (χ1n) is 7.85. The number of aryl methyl sites for hydroxylation is 2. The number of hydrogen-bond acceptors (Lipinski definition) is 4. The summed E-state index contributed by atoms with van der Waals surface area (Å²) in [6.45, 7) is 1.92. The molecule has 4 rings (SSSR count). The van der Waals surface area contributed by atoms with Crippen molar-refractivity contribution in [3.05, 3.63) is 64.9 Å². The second-order valence-corrected chi connectivity index (χ2v) is 8.72. The molecule has 0 spiro atoms. The van der Waals surface area contributed by atoms with Gasteiger partial charge < -0.3 is 0 Å². The van der Waals surface area contributed by atoms with Crippen LogP contribution in [0.5, 0.6) is 0 Å². The first-order valence-corrected chi connectivity index (χ1v) is 10.1. The second kappa shape index (κ2) is 6.07. The molecular formula is C18H15BrN4O2S. The Hall–Kier alpha value is -2.45. The van der Waals surface area contributed by atoms with Crippen LogP contribution in [0.15, 0.2) is 64.2 Å². The fourth-order valence-electron chi connectivity index (χ4n) is 2.91. The van der Waals surface area contributed by atoms with E-state index >= 15 is 0 Å². The Morgan fingerprint density at radius 1 is 1.04 bits per heavy atom. The summed E-state index contributed by atoms with van der Waals surface area (Å²) in [4.78, 5) is 4.57. The van der Waals surface area contributed by atoms with E-state index in [9.17, 15) is 8.42 Å². The largest absolute Gasteiger partial charge is 0.269 e. The minimum Gasteiger partial charge on any atom is -0.266 e. The summed E-state index contributed by atoms with van der Waals surface area (Å²) < 4.78 is 30.5. The SMILES string of the molecule is Cc1ccc(S(=O)(=O)n2c(-c3ccnn3C)cc3cc(Br)cnc32)cc1. The lowest BCUT2D eigenvalue weighted by Crippen LogP contribution is -2.15. The van der Waals surface area contributed by atoms with E-state index in [2.05, 4.69) is 26.0 Å². The van der Waals surface area contributed by atoms with Crippen molar-refractivity contribution in [2.24, 2.45) is 7.05 Å². The molecule has 0 aliphatic heterocycles. The van der Waals surface area contributed by atoms with Crippen molar-refractivity contribution in [2.75, 3.05) is 0 Å². The van der Waals surface area contributed by atoms with E-state index in [0.29, 0.717) is 17.0 Å². The molecule has 4 aromatic rings. The smallest absolute Gasteiger partial charge is 0.266 e. The maximum Gasteiger partial charge on any atom is 0.269 e. The zero-order valence-corrected chi connectivity index (χ0v) is 16.5. The second-order valence-electron chi connectivity index (χ2n) is 6.02. The number of benzene rings is 1. The number of aromatic nitrogens is 4. The first-order chi connectivity index (χ1) is 12.4. The number of rotatable bonds is 3. The van der Waals surface area contributed by atoms with E-state index in [1.807, 2.05) is 19.1 Å². The Balaban J connectivity index is 2.07. The van der Waals surface area contributed by atoms with Gasteiger partial charge in [-0.3, -0.25) is 4.68 Å². The van der Waals surface area contributed by atoms with Crippen LogP contribution >= 0.6 is 15.9 Å². The molecule has 0 amide bonds. The third-order valence-corrected chi connectivity index (χ3v) is 6.36. The van der Waals surface area contributed by atoms with Crippen LogP contribution in [0, 0.1) is 6.92 Å². The Morgan fingerprint density at radius 2 is 1.77 bits per heavy atom. The zero-order chi connectivity index (χ0) is 18.5. The summed E-state index contributed by atoms with van der Waals surface area (Å²) in [5.74, 6) is 0. The Kier molecular flexibility index (Phi) is 3.96. The predicted octanol–water partition coefficient (Wildman–Crippen LogP) is 3.74. The molecule has 0 bridgehead atoms. The molecule has 3 aromatic heterocycles. The van der Waals surface area contributed by atoms with Crippen molar-refractivity contribution in [1.82, 2.24) is 18.7 Å². The number of nitrogens with zero attached hydrogens (tertiary/aromatic N) is 4. The number of hydrogen-bond donors (Lipinski definition) is 0. The molecule has 0 saturated carbocycles. The Labute approximate surface area is 159 Å². The summed E-state index contributed by atoms with van der Waals surface area (Å²) in [7, 11) is -2.05. The van der Waals surface area contributed by atoms with E-state index in [1.165, 1.54) is 3.97 Å². The average molecular weight is 431 g/mol. The van der Waals surface area contributed by atoms with E-state index in [0.717, 1.165) is 15.4 Å². The topological polar surface area (TPSA) is 69.8 Å². The van der Waals surface area contributed by atoms with Crippen LogP contribution in [0.1, 0.15) is 5.56 Å². The number of fused-ring (bicyclic) bond motifs is 1. The van der Waals surface area contributed by atoms with Gasteiger partial charge in [0.25, 0.3) is 10.0 Å². The monoisotopic (exact) mass is 430 g/mol. The van der Waals surface area contributed by atoms with Gasteiger partial charge in [0.2, 0.25) is 0 Å². The molecule has 8 heteroatoms. The molecule has 3 heterocycles. The van der Waals surface area contributed by atoms with Crippen molar-refractivity contribution < 1.29 is 8.42 Å². The molecule has 1 aromatic carbocycles. The molecule has 0 radical (unpaired) electrons. The molecule has 132 valence electrons. The molecule has 0 aliphatic carbocycles. The maximum atomic E-state index is 13.4. The van der Waals surface area contributed by atoms with E-state index in [1.54, 1.807) is 54.5 Å². The van der Waals surface area contributed by atoms with Gasteiger partial charge in [-0.25, -0.2) is 17.4 Å². The molecule has 0 unspecified atom stereocenters. The maximum absolute atomic E-state index is 13.4. The standard InChI is InChI=1S/C18H15BrN4O2S/c1-12-3-5-15(6-4-12)26(24,25)23-17(16-7-8-21-22(16)2)10-13-9-14(19)11-20-18(13)23/h3-11H,1-2H3. The normalized spacial score (nSPS) is 12.0. The fourth-order valence-corrected chi connectivity index (χ4v) is 4.73. The van der Waals surface area contributed by atoms with Crippen LogP contribution in [0.25, 0.3) is 22.4 Å². The van der Waals surface area contributed by atoms with Gasteiger partial charge in [0.15, 0.2) is 5.65 Å². The fraction of sp³-hybridized carbons (Fsp3) is 0.111. The lowest BCUT2D eigenvalue weighted by Gasteiger charge is -2.12. The van der Waals surface area contributed by atoms with Crippen molar-refractivity contribution in [3.8, 4) is 11.4 Å². The van der Waals surface area contributed by atoms with Crippen LogP contribution in [0.4, 0.5) is 0 Å². The highest BCUT2D eigenvalue weighted by atomic mass is 79.9. The summed E-state index contributed by atoms with van der Waals surface area (Å²) >= 11 is 3.39. The third-order valence-electron chi connectivity index (χ3n) is 4.21. The predicted molar refractivity (Wildman–Crippen MR) is 103 cm³/mol. The van der Waals surface area contributed by atoms with Gasteiger partial charge in [-0.1, -0.05) is 17.7 Å². The zero-order valence-electron chi connectivity index (χ0n) is 14.1. The molecule has 0 aliphatic rings. The minimum absolute atomic E-state index is 0.216. The van der Waals surface area contributed by atoms with Crippen LogP contribution < -0.4 is 0 Å². The van der Waals surface area contributed by atoms with Crippen LogP contribution in [0.2, 0.25) is 0 Å². The highest BCUT2D eigenvalue weighted by molar-refractivity contribution is 9.10. The molecule has 0 fully saturated rings. The summed E-state index contributed by atoms with van der Waals surface area (Å²) in [6, 6.07) is 12.2. The molecular weight excluding hydrogens is 416 g/mol. The van der Waals surface area contributed by atoms with Crippen LogP contribution in [0.3, 0.4) is 0 Å². The quantitative estimate of drug-likeness (QED) is 0.496. The average Bonchev–Trinajstić information content (AvgIpc) is 3.18. The van der Waals surface area contributed by atoms with Crippen molar-refractivity contribution >= 4 is 37.0 Å². The summed E-state index contributed by atoms with van der Waals surface area (Å²) in [5.41, 5.74) is 2.58. The number of halogens is 1. The van der Waals surface area contributed by atoms with Gasteiger partial charge in [-0.15, -0.1) is 0 Å². The minimum atomic E-state index is -3.83. The van der Waals surface area contributed by atoms with Gasteiger partial charge in [0.1, 0.15) is 0 Å². The lowest BCUT2D eigenvalue weighted by atomic mass is 10.2. The van der Waals surface area contributed by atoms with Gasteiger partial charge in [0, 0.05) is 29.3 Å². The van der Waals surface area contributed by atoms with Gasteiger partial charge in [-0.05, 0) is 53.2 Å². The van der Waals surface area contributed by atoms with E-state index < -0.39 is 10.0 Å². The third kappa shape index (κ3) is 2.65. The molecule has 0 atom stereocenters. The summed E-state index contributed by atoms with van der Waals surface area (Å²) in [6.07, 6.45) is 3.23. The summed E-state index contributed by atoms with van der Waals surface area (Å²) in [5, 5.41) is 4.90.